The fraction of sp³-hybridized carbons (Fsp3) is 0.733. The Hall–Kier alpha value is -1.76. The van der Waals surface area contributed by atoms with E-state index in [1.807, 2.05) is 13.8 Å². The van der Waals surface area contributed by atoms with E-state index in [-0.39, 0.29) is 24.9 Å². The lowest BCUT2D eigenvalue weighted by Crippen LogP contribution is -2.49. The number of Topliss-reactive ketones (excluding diaryl/α,β-unsaturated/α-hetero) is 1. The number of amides is 1. The first-order chi connectivity index (χ1) is 10.2. The Morgan fingerprint density at radius 3 is 2.27 bits per heavy atom. The molecule has 2 unspecified atom stereocenters. The van der Waals surface area contributed by atoms with E-state index >= 15 is 0 Å². The number of hydrogen-bond donors (Lipinski definition) is 3. The van der Waals surface area contributed by atoms with E-state index in [2.05, 4.69) is 5.32 Å². The minimum atomic E-state index is -0.933. The molecule has 22 heavy (non-hydrogen) atoms. The number of ether oxygens (including phenoxy) is 1. The second kappa shape index (κ2) is 10.0. The zero-order valence-electron chi connectivity index (χ0n) is 13.7. The Balaban J connectivity index is 4.76. The van der Waals surface area contributed by atoms with Gasteiger partial charge in [0, 0.05) is 6.42 Å². The number of nitrogens with one attached hydrogen (secondary N) is 2. The molecule has 0 aliphatic rings. The largest absolute Gasteiger partial charge is 0.461 e. The molecule has 0 rings (SSSR count). The zero-order valence-corrected chi connectivity index (χ0v) is 13.7. The topological polar surface area (TPSA) is 122 Å². The van der Waals surface area contributed by atoms with Crippen molar-refractivity contribution < 1.29 is 19.1 Å². The summed E-state index contributed by atoms with van der Waals surface area (Å²) in [4.78, 5) is 35.2. The van der Waals surface area contributed by atoms with Crippen LogP contribution in [0.3, 0.4) is 0 Å². The Kier molecular flexibility index (Phi) is 9.24. The molecule has 0 spiro atoms. The van der Waals surface area contributed by atoms with Crippen LogP contribution in [0, 0.1) is 11.3 Å². The summed E-state index contributed by atoms with van der Waals surface area (Å²) in [6.07, 6.45) is 0.935. The maximum Gasteiger partial charge on any atom is 0.328 e. The summed E-state index contributed by atoms with van der Waals surface area (Å²) >= 11 is 0. The van der Waals surface area contributed by atoms with Crippen molar-refractivity contribution in [2.75, 3.05) is 0 Å². The first-order valence-corrected chi connectivity index (χ1v) is 7.47. The molecule has 2 atom stereocenters. The highest BCUT2D eigenvalue weighted by molar-refractivity contribution is 6.26. The van der Waals surface area contributed by atoms with Crippen molar-refractivity contribution in [1.29, 1.82) is 5.41 Å². The smallest absolute Gasteiger partial charge is 0.328 e. The Labute approximate surface area is 131 Å². The van der Waals surface area contributed by atoms with Gasteiger partial charge in [0.05, 0.1) is 18.4 Å². The molecule has 1 amide bonds. The molecule has 0 saturated carbocycles. The monoisotopic (exact) mass is 313 g/mol. The van der Waals surface area contributed by atoms with Crippen LogP contribution in [0.25, 0.3) is 0 Å². The fourth-order valence-electron chi connectivity index (χ4n) is 1.82. The van der Waals surface area contributed by atoms with Crippen LogP contribution in [0.4, 0.5) is 0 Å². The molecule has 0 saturated heterocycles. The van der Waals surface area contributed by atoms with Crippen molar-refractivity contribution in [2.24, 2.45) is 11.7 Å². The highest BCUT2D eigenvalue weighted by Gasteiger charge is 2.26. The Morgan fingerprint density at radius 1 is 1.23 bits per heavy atom. The van der Waals surface area contributed by atoms with Gasteiger partial charge in [0.15, 0.2) is 5.78 Å². The number of hydrogen-bond acceptors (Lipinski definition) is 6. The van der Waals surface area contributed by atoms with E-state index in [0.717, 1.165) is 0 Å². The standard InChI is InChI=1S/C15H27N3O4/c1-9(2)7-12(17)14(20)18-13(6-5-11(19)8-16)15(21)22-10(3)4/h8-10,12-13,16H,5-7,17H2,1-4H3,(H,18,20). The lowest BCUT2D eigenvalue weighted by atomic mass is 10.0. The van der Waals surface area contributed by atoms with Gasteiger partial charge in [-0.05, 0) is 32.6 Å². The Morgan fingerprint density at radius 2 is 1.82 bits per heavy atom. The molecule has 0 aliphatic carbocycles. The lowest BCUT2D eigenvalue weighted by molar-refractivity contribution is -0.151. The maximum absolute atomic E-state index is 12.0. The number of nitrogens with two attached hydrogens (primary N) is 1. The molecule has 0 bridgehead atoms. The van der Waals surface area contributed by atoms with E-state index in [4.69, 9.17) is 15.9 Å². The van der Waals surface area contributed by atoms with Gasteiger partial charge in [0.2, 0.25) is 5.91 Å². The summed E-state index contributed by atoms with van der Waals surface area (Å²) < 4.78 is 5.08. The first-order valence-electron chi connectivity index (χ1n) is 7.47. The zero-order chi connectivity index (χ0) is 17.3. The van der Waals surface area contributed by atoms with E-state index in [1.165, 1.54) is 0 Å². The number of rotatable bonds is 10. The van der Waals surface area contributed by atoms with Crippen LogP contribution in [0.15, 0.2) is 0 Å². The molecule has 0 aliphatic heterocycles. The quantitative estimate of drug-likeness (QED) is 0.406. The second-order valence-electron chi connectivity index (χ2n) is 5.93. The first kappa shape index (κ1) is 20.2. The molecule has 0 aromatic heterocycles. The lowest BCUT2D eigenvalue weighted by Gasteiger charge is -2.21. The van der Waals surface area contributed by atoms with Gasteiger partial charge in [-0.2, -0.15) is 0 Å². The summed E-state index contributed by atoms with van der Waals surface area (Å²) in [6, 6.07) is -1.65. The van der Waals surface area contributed by atoms with Gasteiger partial charge in [-0.25, -0.2) is 4.79 Å². The third kappa shape index (κ3) is 8.51. The van der Waals surface area contributed by atoms with Crippen molar-refractivity contribution in [2.45, 2.75) is 65.1 Å². The van der Waals surface area contributed by atoms with Gasteiger partial charge in [0.1, 0.15) is 6.04 Å². The molecular weight excluding hydrogens is 286 g/mol. The van der Waals surface area contributed by atoms with Crippen LogP contribution < -0.4 is 11.1 Å². The molecule has 7 nitrogen and oxygen atoms in total. The van der Waals surface area contributed by atoms with Crippen LogP contribution in [0.1, 0.15) is 47.0 Å². The van der Waals surface area contributed by atoms with Crippen molar-refractivity contribution in [3.05, 3.63) is 0 Å². The number of carbonyl (C=O) groups excluding carboxylic acids is 3. The summed E-state index contributed by atoms with van der Waals surface area (Å²) in [6.45, 7) is 7.29. The summed E-state index contributed by atoms with van der Waals surface area (Å²) in [5.41, 5.74) is 5.78. The number of ketones is 1. The summed E-state index contributed by atoms with van der Waals surface area (Å²) in [5, 5.41) is 9.40. The van der Waals surface area contributed by atoms with Gasteiger partial charge < -0.3 is 21.2 Å². The molecule has 126 valence electrons. The van der Waals surface area contributed by atoms with Gasteiger partial charge in [-0.1, -0.05) is 13.8 Å². The van der Waals surface area contributed by atoms with Gasteiger partial charge in [-0.15, -0.1) is 0 Å². The van der Waals surface area contributed by atoms with Crippen molar-refractivity contribution in [3.63, 3.8) is 0 Å². The summed E-state index contributed by atoms with van der Waals surface area (Å²) in [7, 11) is 0. The highest BCUT2D eigenvalue weighted by atomic mass is 16.5. The maximum atomic E-state index is 12.0. The molecule has 0 fully saturated rings. The number of esters is 1. The van der Waals surface area contributed by atoms with Crippen LogP contribution >= 0.6 is 0 Å². The van der Waals surface area contributed by atoms with Crippen molar-refractivity contribution >= 4 is 23.9 Å². The van der Waals surface area contributed by atoms with E-state index in [1.54, 1.807) is 13.8 Å². The third-order valence-electron chi connectivity index (χ3n) is 2.86. The van der Waals surface area contributed by atoms with E-state index in [0.29, 0.717) is 12.6 Å². The van der Waals surface area contributed by atoms with Crippen LogP contribution in [-0.4, -0.2) is 42.1 Å². The Bertz CT molecular complexity index is 408. The van der Waals surface area contributed by atoms with Crippen molar-refractivity contribution in [1.82, 2.24) is 5.32 Å². The second-order valence-corrected chi connectivity index (χ2v) is 5.93. The highest BCUT2D eigenvalue weighted by Crippen LogP contribution is 2.06. The molecule has 0 radical (unpaired) electrons. The third-order valence-corrected chi connectivity index (χ3v) is 2.86. The number of carbonyl (C=O) groups is 3. The summed E-state index contributed by atoms with van der Waals surface area (Å²) in [5.74, 6) is -1.20. The molecule has 7 heteroatoms. The van der Waals surface area contributed by atoms with Crippen LogP contribution in [-0.2, 0) is 19.1 Å². The van der Waals surface area contributed by atoms with Gasteiger partial charge in [0.25, 0.3) is 0 Å². The predicted octanol–water partition coefficient (Wildman–Crippen LogP) is 0.795. The SMILES string of the molecule is CC(C)CC(N)C(=O)NC(CCC(=O)C=N)C(=O)OC(C)C. The minimum absolute atomic E-state index is 0.0128. The van der Waals surface area contributed by atoms with Crippen LogP contribution in [0.5, 0.6) is 0 Å². The molecule has 0 aromatic carbocycles. The molecule has 4 N–H and O–H groups in total. The molecule has 0 aromatic rings. The van der Waals surface area contributed by atoms with Gasteiger partial charge in [-0.3, -0.25) is 9.59 Å². The average molecular weight is 313 g/mol. The molecule has 0 heterocycles. The van der Waals surface area contributed by atoms with Crippen LogP contribution in [0.2, 0.25) is 0 Å². The van der Waals surface area contributed by atoms with E-state index in [9.17, 15) is 14.4 Å². The van der Waals surface area contributed by atoms with Gasteiger partial charge >= 0.3 is 5.97 Å². The molecular formula is C15H27N3O4. The normalized spacial score (nSPS) is 13.6. The minimum Gasteiger partial charge on any atom is -0.461 e. The average Bonchev–Trinajstić information content (AvgIpc) is 2.40. The predicted molar refractivity (Wildman–Crippen MR) is 83.6 cm³/mol. The fourth-order valence-corrected chi connectivity index (χ4v) is 1.82. The van der Waals surface area contributed by atoms with Crippen molar-refractivity contribution in [3.8, 4) is 0 Å². The van der Waals surface area contributed by atoms with E-state index < -0.39 is 29.7 Å².